The van der Waals surface area contributed by atoms with Crippen LogP contribution in [0.3, 0.4) is 0 Å². The number of likely N-dealkylation sites (N-methyl/N-ethyl adjacent to an activating group) is 1. The predicted octanol–water partition coefficient (Wildman–Crippen LogP) is 1.56. The molecule has 1 unspecified atom stereocenters. The van der Waals surface area contributed by atoms with Crippen molar-refractivity contribution in [2.45, 2.75) is 26.8 Å². The van der Waals surface area contributed by atoms with E-state index >= 15 is 0 Å². The van der Waals surface area contributed by atoms with Crippen molar-refractivity contribution in [1.29, 1.82) is 0 Å². The van der Waals surface area contributed by atoms with E-state index in [1.807, 2.05) is 32.7 Å². The quantitative estimate of drug-likeness (QED) is 0.855. The van der Waals surface area contributed by atoms with Gasteiger partial charge in [0.25, 0.3) is 0 Å². The van der Waals surface area contributed by atoms with Gasteiger partial charge in [-0.2, -0.15) is 0 Å². The van der Waals surface area contributed by atoms with E-state index in [9.17, 15) is 0 Å². The Kier molecular flexibility index (Phi) is 3.88. The van der Waals surface area contributed by atoms with Gasteiger partial charge in [0.05, 0.1) is 12.6 Å². The fourth-order valence-electron chi connectivity index (χ4n) is 1.23. The Labute approximate surface area is 94.9 Å². The SMILES string of the molecule is Cc1c(Cl)nnc(N(C)C(C)CO)c1C. The second-order valence-corrected chi connectivity index (χ2v) is 4.06. The fourth-order valence-corrected chi connectivity index (χ4v) is 1.41. The highest BCUT2D eigenvalue weighted by Gasteiger charge is 2.15. The van der Waals surface area contributed by atoms with Crippen LogP contribution in [0, 0.1) is 13.8 Å². The second-order valence-electron chi connectivity index (χ2n) is 3.71. The van der Waals surface area contributed by atoms with Gasteiger partial charge in [-0.15, -0.1) is 10.2 Å². The largest absolute Gasteiger partial charge is 0.394 e. The smallest absolute Gasteiger partial charge is 0.155 e. The predicted molar refractivity (Wildman–Crippen MR) is 61.5 cm³/mol. The molecule has 0 spiro atoms. The van der Waals surface area contributed by atoms with Gasteiger partial charge in [0.1, 0.15) is 0 Å². The second kappa shape index (κ2) is 4.77. The molecule has 0 aliphatic carbocycles. The van der Waals surface area contributed by atoms with Crippen LogP contribution >= 0.6 is 11.6 Å². The molecule has 0 bridgehead atoms. The molecule has 4 nitrogen and oxygen atoms in total. The van der Waals surface area contributed by atoms with E-state index in [-0.39, 0.29) is 12.6 Å². The van der Waals surface area contributed by atoms with Crippen molar-refractivity contribution >= 4 is 17.4 Å². The van der Waals surface area contributed by atoms with E-state index in [0.717, 1.165) is 16.9 Å². The van der Waals surface area contributed by atoms with Gasteiger partial charge < -0.3 is 10.0 Å². The van der Waals surface area contributed by atoms with Gasteiger partial charge in [-0.1, -0.05) is 11.6 Å². The Morgan fingerprint density at radius 2 is 1.93 bits per heavy atom. The molecule has 1 rings (SSSR count). The molecular weight excluding hydrogens is 214 g/mol. The summed E-state index contributed by atoms with van der Waals surface area (Å²) in [5.74, 6) is 0.762. The summed E-state index contributed by atoms with van der Waals surface area (Å²) in [6.07, 6.45) is 0. The lowest BCUT2D eigenvalue weighted by Gasteiger charge is -2.25. The molecule has 1 N–H and O–H groups in total. The Morgan fingerprint density at radius 1 is 1.33 bits per heavy atom. The van der Waals surface area contributed by atoms with Crippen LogP contribution in [0.5, 0.6) is 0 Å². The molecule has 0 saturated heterocycles. The van der Waals surface area contributed by atoms with E-state index in [1.165, 1.54) is 0 Å². The lowest BCUT2D eigenvalue weighted by molar-refractivity contribution is 0.269. The van der Waals surface area contributed by atoms with Crippen molar-refractivity contribution in [3.8, 4) is 0 Å². The number of aliphatic hydroxyl groups is 1. The Bertz CT molecular complexity index is 357. The highest BCUT2D eigenvalue weighted by atomic mass is 35.5. The number of aliphatic hydroxyl groups excluding tert-OH is 1. The van der Waals surface area contributed by atoms with Crippen molar-refractivity contribution in [2.24, 2.45) is 0 Å². The summed E-state index contributed by atoms with van der Waals surface area (Å²) in [5, 5.41) is 17.4. The number of nitrogens with zero attached hydrogens (tertiary/aromatic N) is 3. The summed E-state index contributed by atoms with van der Waals surface area (Å²) in [5.41, 5.74) is 1.93. The van der Waals surface area contributed by atoms with Crippen molar-refractivity contribution in [2.75, 3.05) is 18.6 Å². The van der Waals surface area contributed by atoms with E-state index in [0.29, 0.717) is 5.15 Å². The third-order valence-electron chi connectivity index (χ3n) is 2.70. The molecule has 0 saturated carbocycles. The van der Waals surface area contributed by atoms with Gasteiger partial charge in [0, 0.05) is 7.05 Å². The Morgan fingerprint density at radius 3 is 2.47 bits per heavy atom. The van der Waals surface area contributed by atoms with Gasteiger partial charge in [0.15, 0.2) is 11.0 Å². The normalized spacial score (nSPS) is 12.7. The van der Waals surface area contributed by atoms with Crippen LogP contribution in [-0.4, -0.2) is 35.0 Å². The number of hydrogen-bond donors (Lipinski definition) is 1. The average molecular weight is 230 g/mol. The zero-order chi connectivity index (χ0) is 11.6. The van der Waals surface area contributed by atoms with Crippen LogP contribution in [0.1, 0.15) is 18.1 Å². The molecule has 0 amide bonds. The first-order valence-corrected chi connectivity index (χ1v) is 5.20. The van der Waals surface area contributed by atoms with Crippen LogP contribution in [0.2, 0.25) is 5.15 Å². The molecule has 0 aliphatic rings. The van der Waals surface area contributed by atoms with Crippen molar-refractivity contribution in [3.63, 3.8) is 0 Å². The first-order valence-electron chi connectivity index (χ1n) is 4.82. The first kappa shape index (κ1) is 12.2. The van der Waals surface area contributed by atoms with E-state index in [2.05, 4.69) is 10.2 Å². The van der Waals surface area contributed by atoms with Gasteiger partial charge >= 0.3 is 0 Å². The maximum Gasteiger partial charge on any atom is 0.155 e. The minimum absolute atomic E-state index is 0.0126. The van der Waals surface area contributed by atoms with E-state index < -0.39 is 0 Å². The van der Waals surface area contributed by atoms with Gasteiger partial charge in [-0.3, -0.25) is 0 Å². The molecule has 15 heavy (non-hydrogen) atoms. The Balaban J connectivity index is 3.10. The maximum atomic E-state index is 9.07. The highest BCUT2D eigenvalue weighted by Crippen LogP contribution is 2.23. The molecule has 0 aliphatic heterocycles. The third-order valence-corrected chi connectivity index (χ3v) is 3.06. The van der Waals surface area contributed by atoms with Crippen LogP contribution in [0.15, 0.2) is 0 Å². The maximum absolute atomic E-state index is 9.07. The zero-order valence-corrected chi connectivity index (χ0v) is 10.2. The van der Waals surface area contributed by atoms with Crippen molar-refractivity contribution in [1.82, 2.24) is 10.2 Å². The van der Waals surface area contributed by atoms with Crippen molar-refractivity contribution in [3.05, 3.63) is 16.3 Å². The molecule has 1 heterocycles. The number of hydrogen-bond acceptors (Lipinski definition) is 4. The third kappa shape index (κ3) is 2.38. The lowest BCUT2D eigenvalue weighted by Crippen LogP contribution is -2.33. The van der Waals surface area contributed by atoms with Crippen LogP contribution < -0.4 is 4.90 Å². The molecule has 1 atom stereocenters. The van der Waals surface area contributed by atoms with E-state index in [4.69, 9.17) is 16.7 Å². The molecular formula is C10H16ClN3O. The van der Waals surface area contributed by atoms with E-state index in [1.54, 1.807) is 0 Å². The monoisotopic (exact) mass is 229 g/mol. The molecule has 1 aromatic rings. The fraction of sp³-hybridized carbons (Fsp3) is 0.600. The standard InChI is InChI=1S/C10H16ClN3O/c1-6(5-15)14(4)10-8(3)7(2)9(11)12-13-10/h6,15H,5H2,1-4H3. The molecule has 0 fully saturated rings. The summed E-state index contributed by atoms with van der Waals surface area (Å²) in [4.78, 5) is 1.89. The number of anilines is 1. The first-order chi connectivity index (χ1) is 6.99. The minimum atomic E-state index is 0.0126. The van der Waals surface area contributed by atoms with Crippen LogP contribution in [0.4, 0.5) is 5.82 Å². The zero-order valence-electron chi connectivity index (χ0n) is 9.45. The lowest BCUT2D eigenvalue weighted by atomic mass is 10.2. The summed E-state index contributed by atoms with van der Waals surface area (Å²) in [6.45, 7) is 5.86. The number of halogens is 1. The van der Waals surface area contributed by atoms with Crippen LogP contribution in [0.25, 0.3) is 0 Å². The minimum Gasteiger partial charge on any atom is -0.394 e. The van der Waals surface area contributed by atoms with Crippen molar-refractivity contribution < 1.29 is 5.11 Å². The molecule has 84 valence electrons. The molecule has 0 radical (unpaired) electrons. The number of aromatic nitrogens is 2. The molecule has 0 aromatic carbocycles. The van der Waals surface area contributed by atoms with Gasteiger partial charge in [-0.05, 0) is 31.9 Å². The van der Waals surface area contributed by atoms with Gasteiger partial charge in [0.2, 0.25) is 0 Å². The molecule has 5 heteroatoms. The summed E-state index contributed by atoms with van der Waals surface area (Å²) >= 11 is 5.86. The number of rotatable bonds is 3. The highest BCUT2D eigenvalue weighted by molar-refractivity contribution is 6.30. The van der Waals surface area contributed by atoms with Gasteiger partial charge in [-0.25, -0.2) is 0 Å². The summed E-state index contributed by atoms with van der Waals surface area (Å²) in [7, 11) is 1.88. The Hall–Kier alpha value is -0.870. The van der Waals surface area contributed by atoms with Crippen LogP contribution in [-0.2, 0) is 0 Å². The summed E-state index contributed by atoms with van der Waals surface area (Å²) < 4.78 is 0. The topological polar surface area (TPSA) is 49.2 Å². The summed E-state index contributed by atoms with van der Waals surface area (Å²) in [6, 6.07) is 0.0126. The molecule has 1 aromatic heterocycles. The average Bonchev–Trinajstić information content (AvgIpc) is 2.24.